The van der Waals surface area contributed by atoms with Gasteiger partial charge in [-0.15, -0.1) is 0 Å². The molecule has 2 aliphatic rings. The van der Waals surface area contributed by atoms with Gasteiger partial charge in [-0.2, -0.15) is 15.0 Å². The minimum atomic E-state index is -0.675. The Bertz CT molecular complexity index is 892. The van der Waals surface area contributed by atoms with Crippen molar-refractivity contribution in [1.29, 1.82) is 0 Å². The molecular formula is C21H30N8O3. The largest absolute Gasteiger partial charge is 0.391 e. The first-order valence-electron chi connectivity index (χ1n) is 10.8. The van der Waals surface area contributed by atoms with Crippen LogP contribution in [0, 0.1) is 0 Å². The molecule has 3 heterocycles. The number of ketones is 1. The average Bonchev–Trinajstić information content (AvgIpc) is 2.72. The highest BCUT2D eigenvalue weighted by atomic mass is 16.3. The summed E-state index contributed by atoms with van der Waals surface area (Å²) in [5, 5.41) is 23.4. The van der Waals surface area contributed by atoms with Crippen LogP contribution < -0.4 is 26.6 Å². The van der Waals surface area contributed by atoms with Gasteiger partial charge in [-0.05, 0) is 37.6 Å². The number of nitrogens with zero attached hydrogens (tertiary/aromatic N) is 5. The molecule has 2 saturated heterocycles. The maximum absolute atomic E-state index is 11.5. The van der Waals surface area contributed by atoms with Gasteiger partial charge in [0.1, 0.15) is 0 Å². The standard InChI is InChI=1S/C21H30N8O3/c1-12(30)13-2-4-16(5-3-13)24-19-25-20(28-8-14(22)6-15(23)9-28)27-21(26-19)29-10-17(31)7-18(32)11-29/h2-5,14-15,17-18,31-32H,6-11,22-23H2,1H3,(H,24,25,26,27)/t14-,15+,17-,18+. The maximum Gasteiger partial charge on any atom is 0.233 e. The van der Waals surface area contributed by atoms with Crippen molar-refractivity contribution in [3.8, 4) is 0 Å². The topological polar surface area (TPSA) is 167 Å². The Morgan fingerprint density at radius 3 is 1.97 bits per heavy atom. The van der Waals surface area contributed by atoms with E-state index in [1.165, 1.54) is 6.92 Å². The maximum atomic E-state index is 11.5. The van der Waals surface area contributed by atoms with Crippen LogP contribution in [-0.2, 0) is 0 Å². The van der Waals surface area contributed by atoms with E-state index >= 15 is 0 Å². The van der Waals surface area contributed by atoms with Crippen molar-refractivity contribution in [2.24, 2.45) is 11.5 Å². The van der Waals surface area contributed by atoms with E-state index in [1.807, 2.05) is 4.90 Å². The Kier molecular flexibility index (Phi) is 6.51. The molecule has 172 valence electrons. The molecule has 0 aliphatic carbocycles. The summed E-state index contributed by atoms with van der Waals surface area (Å²) in [7, 11) is 0. The number of anilines is 4. The van der Waals surface area contributed by atoms with Crippen molar-refractivity contribution in [1.82, 2.24) is 15.0 Å². The second-order valence-electron chi connectivity index (χ2n) is 8.63. The number of aliphatic hydroxyl groups excluding tert-OH is 2. The number of Topliss-reactive ketones (excluding diaryl/α,β-unsaturated/α-hetero) is 1. The number of nitrogens with one attached hydrogen (secondary N) is 1. The van der Waals surface area contributed by atoms with Crippen LogP contribution >= 0.6 is 0 Å². The van der Waals surface area contributed by atoms with Gasteiger partial charge < -0.3 is 36.8 Å². The molecule has 1 aromatic carbocycles. The molecule has 7 N–H and O–H groups in total. The summed E-state index contributed by atoms with van der Waals surface area (Å²) in [6.07, 6.45) is -0.303. The molecule has 0 spiro atoms. The van der Waals surface area contributed by atoms with Gasteiger partial charge >= 0.3 is 0 Å². The molecule has 0 radical (unpaired) electrons. The van der Waals surface area contributed by atoms with E-state index < -0.39 is 12.2 Å². The van der Waals surface area contributed by atoms with E-state index in [0.717, 1.165) is 6.42 Å². The third-order valence-corrected chi connectivity index (χ3v) is 5.65. The molecule has 2 fully saturated rings. The predicted molar refractivity (Wildman–Crippen MR) is 121 cm³/mol. The second kappa shape index (κ2) is 9.33. The molecule has 11 heteroatoms. The lowest BCUT2D eigenvalue weighted by Gasteiger charge is -2.36. The molecule has 11 nitrogen and oxygen atoms in total. The molecule has 0 bridgehead atoms. The van der Waals surface area contributed by atoms with E-state index in [-0.39, 0.29) is 17.9 Å². The van der Waals surface area contributed by atoms with E-state index in [4.69, 9.17) is 11.5 Å². The number of rotatable bonds is 5. The zero-order valence-electron chi connectivity index (χ0n) is 18.1. The molecule has 0 saturated carbocycles. The lowest BCUT2D eigenvalue weighted by molar-refractivity contribution is 0.0645. The molecule has 0 amide bonds. The fourth-order valence-electron chi connectivity index (χ4n) is 4.16. The van der Waals surface area contributed by atoms with Crippen LogP contribution in [0.1, 0.15) is 30.1 Å². The van der Waals surface area contributed by atoms with E-state index in [2.05, 4.69) is 20.3 Å². The van der Waals surface area contributed by atoms with Gasteiger partial charge in [0.2, 0.25) is 17.8 Å². The lowest BCUT2D eigenvalue weighted by Crippen LogP contribution is -2.53. The van der Waals surface area contributed by atoms with Crippen molar-refractivity contribution in [3.05, 3.63) is 29.8 Å². The zero-order valence-corrected chi connectivity index (χ0v) is 18.1. The Morgan fingerprint density at radius 1 is 0.906 bits per heavy atom. The summed E-state index contributed by atoms with van der Waals surface area (Å²) in [5.41, 5.74) is 13.6. The Labute approximate surface area is 186 Å². The monoisotopic (exact) mass is 442 g/mol. The smallest absolute Gasteiger partial charge is 0.233 e. The van der Waals surface area contributed by atoms with Crippen LogP contribution in [0.3, 0.4) is 0 Å². The van der Waals surface area contributed by atoms with Crippen molar-refractivity contribution in [2.45, 2.75) is 44.1 Å². The second-order valence-corrected chi connectivity index (χ2v) is 8.63. The number of aliphatic hydroxyl groups is 2. The van der Waals surface area contributed by atoms with Crippen molar-refractivity contribution >= 4 is 29.3 Å². The number of β-amino-alcohol motifs (C(OH)–C–C–N with tert-alkyl or cyclic N) is 2. The molecule has 4 rings (SSSR count). The van der Waals surface area contributed by atoms with Gasteiger partial charge in [-0.1, -0.05) is 0 Å². The Hall–Kier alpha value is -2.86. The number of hydrogen-bond acceptors (Lipinski definition) is 11. The summed E-state index contributed by atoms with van der Waals surface area (Å²) < 4.78 is 0. The van der Waals surface area contributed by atoms with Crippen molar-refractivity contribution < 1.29 is 15.0 Å². The Morgan fingerprint density at radius 2 is 1.44 bits per heavy atom. The van der Waals surface area contributed by atoms with Crippen LogP contribution in [0.5, 0.6) is 0 Å². The van der Waals surface area contributed by atoms with Crippen LogP contribution in [0.2, 0.25) is 0 Å². The highest BCUT2D eigenvalue weighted by molar-refractivity contribution is 5.94. The molecule has 4 atom stereocenters. The predicted octanol–water partition coefficient (Wildman–Crippen LogP) is -0.386. The zero-order chi connectivity index (χ0) is 22.8. The Balaban J connectivity index is 1.65. The van der Waals surface area contributed by atoms with E-state index in [1.54, 1.807) is 29.2 Å². The molecule has 32 heavy (non-hydrogen) atoms. The number of aromatic nitrogens is 3. The van der Waals surface area contributed by atoms with Gasteiger partial charge in [0, 0.05) is 55.9 Å². The number of nitrogens with two attached hydrogens (primary N) is 2. The first kappa shape index (κ1) is 22.3. The summed E-state index contributed by atoms with van der Waals surface area (Å²) in [6.45, 7) is 3.27. The van der Waals surface area contributed by atoms with Gasteiger partial charge in [0.25, 0.3) is 0 Å². The molecule has 2 aliphatic heterocycles. The lowest BCUT2D eigenvalue weighted by atomic mass is 10.0. The SMILES string of the molecule is CC(=O)c1ccc(Nc2nc(N3C[C@H](N)C[C@H](N)C3)nc(N3C[C@H](O)C[C@H](O)C3)n2)cc1. The third kappa shape index (κ3) is 5.30. The van der Waals surface area contributed by atoms with Gasteiger partial charge in [-0.25, -0.2) is 0 Å². The molecule has 1 aromatic heterocycles. The summed E-state index contributed by atoms with van der Waals surface area (Å²) in [6, 6.07) is 6.84. The summed E-state index contributed by atoms with van der Waals surface area (Å²) in [4.78, 5) is 28.9. The third-order valence-electron chi connectivity index (χ3n) is 5.65. The summed E-state index contributed by atoms with van der Waals surface area (Å²) >= 11 is 0. The highest BCUT2D eigenvalue weighted by Gasteiger charge is 2.29. The number of hydrogen-bond donors (Lipinski definition) is 5. The fraction of sp³-hybridized carbons (Fsp3) is 0.524. The van der Waals surface area contributed by atoms with E-state index in [9.17, 15) is 15.0 Å². The van der Waals surface area contributed by atoms with Crippen LogP contribution in [0.25, 0.3) is 0 Å². The summed E-state index contributed by atoms with van der Waals surface area (Å²) in [5.74, 6) is 1.07. The fourth-order valence-corrected chi connectivity index (χ4v) is 4.16. The van der Waals surface area contributed by atoms with Crippen LogP contribution in [0.15, 0.2) is 24.3 Å². The van der Waals surface area contributed by atoms with Gasteiger partial charge in [0.05, 0.1) is 12.2 Å². The molecule has 0 unspecified atom stereocenters. The molecular weight excluding hydrogens is 412 g/mol. The number of carbonyl (C=O) groups is 1. The number of carbonyl (C=O) groups excluding carboxylic acids is 1. The van der Waals surface area contributed by atoms with Crippen molar-refractivity contribution in [3.63, 3.8) is 0 Å². The van der Waals surface area contributed by atoms with Crippen molar-refractivity contribution in [2.75, 3.05) is 41.3 Å². The first-order valence-corrected chi connectivity index (χ1v) is 10.8. The van der Waals surface area contributed by atoms with Crippen LogP contribution in [0.4, 0.5) is 23.5 Å². The van der Waals surface area contributed by atoms with Crippen LogP contribution in [-0.4, -0.2) is 81.4 Å². The normalized spacial score (nSPS) is 26.2. The minimum absolute atomic E-state index is 0.0127. The van der Waals surface area contributed by atoms with E-state index in [0.29, 0.717) is 61.7 Å². The first-order chi connectivity index (χ1) is 15.3. The highest BCUT2D eigenvalue weighted by Crippen LogP contribution is 2.24. The number of piperidine rings is 2. The number of benzene rings is 1. The quantitative estimate of drug-likeness (QED) is 0.383. The average molecular weight is 443 g/mol. The van der Waals surface area contributed by atoms with Gasteiger partial charge in [-0.3, -0.25) is 4.79 Å². The minimum Gasteiger partial charge on any atom is -0.391 e. The van der Waals surface area contributed by atoms with Gasteiger partial charge in [0.15, 0.2) is 5.78 Å². The molecule has 2 aromatic rings.